The lowest BCUT2D eigenvalue weighted by molar-refractivity contribution is 0.0956. The number of nitrogen functional groups attached to an aromatic ring is 1. The van der Waals surface area contributed by atoms with Gasteiger partial charge in [0, 0.05) is 24.8 Å². The van der Waals surface area contributed by atoms with Gasteiger partial charge in [0.25, 0.3) is 5.91 Å². The molecule has 0 saturated carbocycles. The topological polar surface area (TPSA) is 58.4 Å². The van der Waals surface area contributed by atoms with Crippen LogP contribution in [0.15, 0.2) is 18.2 Å². The molecule has 1 heterocycles. The van der Waals surface area contributed by atoms with Gasteiger partial charge in [-0.1, -0.05) is 13.8 Å². The minimum Gasteiger partial charge on any atom is -0.399 e. The Morgan fingerprint density at radius 3 is 2.76 bits per heavy atom. The third kappa shape index (κ3) is 3.31. The molecule has 3 unspecified atom stereocenters. The lowest BCUT2D eigenvalue weighted by atomic mass is 9.85. The zero-order valence-corrected chi connectivity index (χ0v) is 13.5. The number of rotatable bonds is 3. The van der Waals surface area contributed by atoms with E-state index in [9.17, 15) is 4.79 Å². The predicted octanol–water partition coefficient (Wildman–Crippen LogP) is 2.89. The third-order valence-corrected chi connectivity index (χ3v) is 4.51. The van der Waals surface area contributed by atoms with E-state index in [0.717, 1.165) is 17.8 Å². The van der Waals surface area contributed by atoms with Crippen LogP contribution in [0.25, 0.3) is 0 Å². The summed E-state index contributed by atoms with van der Waals surface area (Å²) in [6.45, 7) is 10.3. The van der Waals surface area contributed by atoms with Crippen LogP contribution in [0.5, 0.6) is 0 Å². The largest absolute Gasteiger partial charge is 0.399 e. The van der Waals surface area contributed by atoms with Crippen molar-refractivity contribution in [3.63, 3.8) is 0 Å². The standard InChI is InChI=1S/C17H27N3O/c1-5-19-17(21)15-7-6-14(18)9-16(15)20-10-11(2)8-12(3)13(20)4/h6-7,9,11-13H,5,8,10,18H2,1-4H3,(H,19,21). The molecule has 1 fully saturated rings. The van der Waals surface area contributed by atoms with Crippen molar-refractivity contribution in [2.24, 2.45) is 11.8 Å². The Hall–Kier alpha value is -1.71. The minimum absolute atomic E-state index is 0.0226. The van der Waals surface area contributed by atoms with E-state index in [2.05, 4.69) is 31.0 Å². The van der Waals surface area contributed by atoms with Gasteiger partial charge in [-0.05, 0) is 50.3 Å². The number of hydrogen-bond donors (Lipinski definition) is 2. The smallest absolute Gasteiger partial charge is 0.253 e. The number of carbonyl (C=O) groups is 1. The molecule has 1 aliphatic rings. The highest BCUT2D eigenvalue weighted by molar-refractivity contribution is 6.00. The maximum absolute atomic E-state index is 12.3. The van der Waals surface area contributed by atoms with Crippen LogP contribution in [-0.2, 0) is 0 Å². The second kappa shape index (κ2) is 6.37. The van der Waals surface area contributed by atoms with Crippen LogP contribution in [0.2, 0.25) is 0 Å². The number of anilines is 2. The van der Waals surface area contributed by atoms with Gasteiger partial charge >= 0.3 is 0 Å². The van der Waals surface area contributed by atoms with E-state index in [-0.39, 0.29) is 5.91 Å². The molecule has 2 rings (SSSR count). The molecule has 0 aromatic heterocycles. The molecule has 0 aliphatic carbocycles. The maximum Gasteiger partial charge on any atom is 0.253 e. The van der Waals surface area contributed by atoms with Crippen LogP contribution in [0.4, 0.5) is 11.4 Å². The van der Waals surface area contributed by atoms with Crippen molar-refractivity contribution in [2.75, 3.05) is 23.7 Å². The number of nitrogens with two attached hydrogens (primary N) is 1. The third-order valence-electron chi connectivity index (χ3n) is 4.51. The lowest BCUT2D eigenvalue weighted by Gasteiger charge is -2.43. The van der Waals surface area contributed by atoms with Crippen LogP contribution >= 0.6 is 0 Å². The van der Waals surface area contributed by atoms with Gasteiger partial charge < -0.3 is 16.0 Å². The van der Waals surface area contributed by atoms with E-state index in [0.29, 0.717) is 30.1 Å². The number of carbonyl (C=O) groups excluding carboxylic acids is 1. The molecular weight excluding hydrogens is 262 g/mol. The molecule has 4 nitrogen and oxygen atoms in total. The molecular formula is C17H27N3O. The number of nitrogens with zero attached hydrogens (tertiary/aromatic N) is 1. The molecule has 3 atom stereocenters. The van der Waals surface area contributed by atoms with Gasteiger partial charge in [-0.15, -0.1) is 0 Å². The van der Waals surface area contributed by atoms with Crippen LogP contribution in [0.1, 0.15) is 44.5 Å². The SMILES string of the molecule is CCNC(=O)c1ccc(N)cc1N1CC(C)CC(C)C1C. The van der Waals surface area contributed by atoms with Crippen LogP contribution in [-0.4, -0.2) is 25.0 Å². The summed E-state index contributed by atoms with van der Waals surface area (Å²) in [6.07, 6.45) is 1.23. The van der Waals surface area contributed by atoms with Crippen molar-refractivity contribution >= 4 is 17.3 Å². The summed E-state index contributed by atoms with van der Waals surface area (Å²) in [4.78, 5) is 14.7. The normalized spacial score (nSPS) is 25.7. The molecule has 4 heteroatoms. The Bertz CT molecular complexity index is 515. The summed E-state index contributed by atoms with van der Waals surface area (Å²) < 4.78 is 0. The van der Waals surface area contributed by atoms with Gasteiger partial charge in [-0.3, -0.25) is 4.79 Å². The minimum atomic E-state index is -0.0226. The van der Waals surface area contributed by atoms with Crippen LogP contribution < -0.4 is 16.0 Å². The number of hydrogen-bond acceptors (Lipinski definition) is 3. The van der Waals surface area contributed by atoms with Gasteiger partial charge in [0.2, 0.25) is 0 Å². The van der Waals surface area contributed by atoms with Gasteiger partial charge in [0.1, 0.15) is 0 Å². The lowest BCUT2D eigenvalue weighted by Crippen LogP contribution is -2.46. The van der Waals surface area contributed by atoms with Crippen molar-refractivity contribution in [1.82, 2.24) is 5.32 Å². The van der Waals surface area contributed by atoms with Crippen molar-refractivity contribution in [2.45, 2.75) is 40.2 Å². The predicted molar refractivity (Wildman–Crippen MR) is 88.6 cm³/mol. The summed E-state index contributed by atoms with van der Waals surface area (Å²) in [5, 5.41) is 2.89. The Kier molecular flexibility index (Phi) is 4.76. The quantitative estimate of drug-likeness (QED) is 0.841. The highest BCUT2D eigenvalue weighted by Gasteiger charge is 2.31. The summed E-state index contributed by atoms with van der Waals surface area (Å²) >= 11 is 0. The fourth-order valence-electron chi connectivity index (χ4n) is 3.27. The first-order valence-electron chi connectivity index (χ1n) is 7.88. The molecule has 116 valence electrons. The molecule has 0 spiro atoms. The molecule has 1 aromatic rings. The Morgan fingerprint density at radius 1 is 1.38 bits per heavy atom. The van der Waals surface area contributed by atoms with E-state index >= 15 is 0 Å². The van der Waals surface area contributed by atoms with E-state index in [1.807, 2.05) is 19.1 Å². The number of piperidine rings is 1. The van der Waals surface area contributed by atoms with E-state index < -0.39 is 0 Å². The molecule has 1 aromatic carbocycles. The Morgan fingerprint density at radius 2 is 2.10 bits per heavy atom. The van der Waals surface area contributed by atoms with E-state index in [1.54, 1.807) is 6.07 Å². The van der Waals surface area contributed by atoms with Gasteiger partial charge in [0.05, 0.1) is 11.3 Å². The second-order valence-electron chi connectivity index (χ2n) is 6.35. The monoisotopic (exact) mass is 289 g/mol. The summed E-state index contributed by atoms with van der Waals surface area (Å²) in [5.74, 6) is 1.21. The van der Waals surface area contributed by atoms with E-state index in [4.69, 9.17) is 5.73 Å². The first kappa shape index (κ1) is 15.7. The Balaban J connectivity index is 2.41. The highest BCUT2D eigenvalue weighted by Crippen LogP contribution is 2.34. The Labute approximate surface area is 127 Å². The summed E-state index contributed by atoms with van der Waals surface area (Å²) in [6, 6.07) is 5.99. The summed E-state index contributed by atoms with van der Waals surface area (Å²) in [5.41, 5.74) is 8.36. The molecule has 1 saturated heterocycles. The average Bonchev–Trinajstić information content (AvgIpc) is 2.43. The van der Waals surface area contributed by atoms with Crippen molar-refractivity contribution in [3.8, 4) is 0 Å². The fourth-order valence-corrected chi connectivity index (χ4v) is 3.27. The van der Waals surface area contributed by atoms with Crippen LogP contribution in [0, 0.1) is 11.8 Å². The summed E-state index contributed by atoms with van der Waals surface area (Å²) in [7, 11) is 0. The van der Waals surface area contributed by atoms with Crippen molar-refractivity contribution < 1.29 is 4.79 Å². The fraction of sp³-hybridized carbons (Fsp3) is 0.588. The maximum atomic E-state index is 12.3. The molecule has 21 heavy (non-hydrogen) atoms. The first-order chi connectivity index (χ1) is 9.93. The molecule has 3 N–H and O–H groups in total. The highest BCUT2D eigenvalue weighted by atomic mass is 16.1. The molecule has 1 aliphatic heterocycles. The molecule has 0 radical (unpaired) electrons. The average molecular weight is 289 g/mol. The zero-order valence-electron chi connectivity index (χ0n) is 13.5. The molecule has 0 bridgehead atoms. The van der Waals surface area contributed by atoms with Gasteiger partial charge in [-0.2, -0.15) is 0 Å². The van der Waals surface area contributed by atoms with Crippen molar-refractivity contribution in [3.05, 3.63) is 23.8 Å². The first-order valence-corrected chi connectivity index (χ1v) is 7.88. The molecule has 1 amide bonds. The van der Waals surface area contributed by atoms with E-state index in [1.165, 1.54) is 6.42 Å². The second-order valence-corrected chi connectivity index (χ2v) is 6.35. The number of nitrogens with one attached hydrogen (secondary N) is 1. The number of amides is 1. The van der Waals surface area contributed by atoms with Crippen LogP contribution in [0.3, 0.4) is 0 Å². The zero-order chi connectivity index (χ0) is 15.6. The van der Waals surface area contributed by atoms with Gasteiger partial charge in [0.15, 0.2) is 0 Å². The van der Waals surface area contributed by atoms with Crippen molar-refractivity contribution in [1.29, 1.82) is 0 Å². The number of benzene rings is 1. The van der Waals surface area contributed by atoms with Gasteiger partial charge in [-0.25, -0.2) is 0 Å².